The first-order valence-electron chi connectivity index (χ1n) is 6.43. The van der Waals surface area contributed by atoms with E-state index in [9.17, 15) is 0 Å². The normalized spacial score (nSPS) is 16.3. The molecule has 0 atom stereocenters. The number of likely N-dealkylation sites (tertiary alicyclic amines) is 1. The molecular formula is C14H17N3O. The highest BCUT2D eigenvalue weighted by atomic mass is 16.4. The monoisotopic (exact) mass is 243 g/mol. The zero-order chi connectivity index (χ0) is 12.4. The van der Waals surface area contributed by atoms with Gasteiger partial charge in [-0.3, -0.25) is 4.90 Å². The molecule has 0 aliphatic carbocycles. The molecule has 1 aliphatic heterocycles. The topological polar surface area (TPSA) is 42.2 Å². The molecule has 0 N–H and O–H groups in total. The molecule has 0 amide bonds. The van der Waals surface area contributed by atoms with Crippen molar-refractivity contribution >= 4 is 0 Å². The molecule has 94 valence electrons. The predicted octanol–water partition coefficient (Wildman–Crippen LogP) is 2.64. The van der Waals surface area contributed by atoms with Gasteiger partial charge in [0.15, 0.2) is 0 Å². The second-order valence-electron chi connectivity index (χ2n) is 4.85. The highest BCUT2D eigenvalue weighted by Gasteiger charge is 2.16. The van der Waals surface area contributed by atoms with Gasteiger partial charge in [0.05, 0.1) is 6.54 Å². The molecule has 0 spiro atoms. The van der Waals surface area contributed by atoms with Gasteiger partial charge in [0.1, 0.15) is 0 Å². The standard InChI is InChI=1S/C14H17N3O/c1-11-5-4-6-12(9-11)14-16-15-13(18-14)10-17-7-2-3-8-17/h4-6,9H,2-3,7-8,10H2,1H3. The van der Waals surface area contributed by atoms with E-state index in [1.165, 1.54) is 18.4 Å². The molecular weight excluding hydrogens is 226 g/mol. The molecule has 4 nitrogen and oxygen atoms in total. The van der Waals surface area contributed by atoms with Crippen LogP contribution in [0.15, 0.2) is 28.7 Å². The Balaban J connectivity index is 1.76. The highest BCUT2D eigenvalue weighted by molar-refractivity contribution is 5.53. The minimum atomic E-state index is 0.618. The van der Waals surface area contributed by atoms with Crippen molar-refractivity contribution in [1.82, 2.24) is 15.1 Å². The molecule has 3 rings (SSSR count). The van der Waals surface area contributed by atoms with Gasteiger partial charge in [-0.25, -0.2) is 0 Å². The third-order valence-corrected chi connectivity index (χ3v) is 3.29. The van der Waals surface area contributed by atoms with Crippen molar-refractivity contribution in [3.8, 4) is 11.5 Å². The lowest BCUT2D eigenvalue weighted by molar-refractivity contribution is 0.292. The van der Waals surface area contributed by atoms with Crippen LogP contribution in [0.4, 0.5) is 0 Å². The van der Waals surface area contributed by atoms with Gasteiger partial charge in [-0.15, -0.1) is 10.2 Å². The third kappa shape index (κ3) is 2.43. The first kappa shape index (κ1) is 11.4. The highest BCUT2D eigenvalue weighted by Crippen LogP contribution is 2.20. The quantitative estimate of drug-likeness (QED) is 0.831. The van der Waals surface area contributed by atoms with E-state index in [0.717, 1.165) is 25.2 Å². The maximum absolute atomic E-state index is 5.72. The Morgan fingerprint density at radius 1 is 1.22 bits per heavy atom. The lowest BCUT2D eigenvalue weighted by Gasteiger charge is -2.10. The van der Waals surface area contributed by atoms with Crippen LogP contribution in [-0.4, -0.2) is 28.2 Å². The number of aromatic nitrogens is 2. The van der Waals surface area contributed by atoms with Crippen LogP contribution in [0.2, 0.25) is 0 Å². The molecule has 1 saturated heterocycles. The fraction of sp³-hybridized carbons (Fsp3) is 0.429. The number of hydrogen-bond donors (Lipinski definition) is 0. The van der Waals surface area contributed by atoms with Crippen molar-refractivity contribution in [3.05, 3.63) is 35.7 Å². The zero-order valence-corrected chi connectivity index (χ0v) is 10.6. The summed E-state index contributed by atoms with van der Waals surface area (Å²) in [6.07, 6.45) is 2.55. The Kier molecular flexibility index (Phi) is 3.11. The van der Waals surface area contributed by atoms with Gasteiger partial charge in [0.25, 0.3) is 0 Å². The van der Waals surface area contributed by atoms with E-state index < -0.39 is 0 Å². The first-order valence-corrected chi connectivity index (χ1v) is 6.43. The largest absolute Gasteiger partial charge is 0.419 e. The summed E-state index contributed by atoms with van der Waals surface area (Å²) >= 11 is 0. The number of aryl methyl sites for hydroxylation is 1. The van der Waals surface area contributed by atoms with Crippen molar-refractivity contribution in [2.45, 2.75) is 26.3 Å². The van der Waals surface area contributed by atoms with Gasteiger partial charge < -0.3 is 4.42 Å². The molecule has 4 heteroatoms. The van der Waals surface area contributed by atoms with E-state index in [0.29, 0.717) is 11.8 Å². The summed E-state index contributed by atoms with van der Waals surface area (Å²) in [6, 6.07) is 8.13. The van der Waals surface area contributed by atoms with Crippen LogP contribution in [0.3, 0.4) is 0 Å². The SMILES string of the molecule is Cc1cccc(-c2nnc(CN3CCCC3)o2)c1. The van der Waals surface area contributed by atoms with Crippen molar-refractivity contribution in [3.63, 3.8) is 0 Å². The summed E-state index contributed by atoms with van der Waals surface area (Å²) < 4.78 is 5.72. The van der Waals surface area contributed by atoms with Crippen LogP contribution >= 0.6 is 0 Å². The average Bonchev–Trinajstić information content (AvgIpc) is 3.01. The van der Waals surface area contributed by atoms with Gasteiger partial charge >= 0.3 is 0 Å². The molecule has 1 aromatic carbocycles. The van der Waals surface area contributed by atoms with Crippen LogP contribution in [0.5, 0.6) is 0 Å². The van der Waals surface area contributed by atoms with Crippen LogP contribution in [-0.2, 0) is 6.54 Å². The Bertz CT molecular complexity index is 529. The maximum atomic E-state index is 5.72. The van der Waals surface area contributed by atoms with Gasteiger partial charge in [0, 0.05) is 5.56 Å². The fourth-order valence-corrected chi connectivity index (χ4v) is 2.34. The third-order valence-electron chi connectivity index (χ3n) is 3.29. The number of nitrogens with zero attached hydrogens (tertiary/aromatic N) is 3. The van der Waals surface area contributed by atoms with E-state index in [1.807, 2.05) is 12.1 Å². The molecule has 0 radical (unpaired) electrons. The summed E-state index contributed by atoms with van der Waals surface area (Å²) in [6.45, 7) is 5.12. The fourth-order valence-electron chi connectivity index (χ4n) is 2.34. The van der Waals surface area contributed by atoms with Crippen molar-refractivity contribution < 1.29 is 4.42 Å². The zero-order valence-electron chi connectivity index (χ0n) is 10.6. The molecule has 2 heterocycles. The summed E-state index contributed by atoms with van der Waals surface area (Å²) in [7, 11) is 0. The summed E-state index contributed by atoms with van der Waals surface area (Å²) in [5.74, 6) is 1.33. The maximum Gasteiger partial charge on any atom is 0.247 e. The molecule has 0 unspecified atom stereocenters. The number of rotatable bonds is 3. The van der Waals surface area contributed by atoms with E-state index in [-0.39, 0.29) is 0 Å². The molecule has 2 aromatic rings. The molecule has 0 bridgehead atoms. The lowest BCUT2D eigenvalue weighted by Crippen LogP contribution is -2.18. The smallest absolute Gasteiger partial charge is 0.247 e. The van der Waals surface area contributed by atoms with Crippen LogP contribution in [0.25, 0.3) is 11.5 Å². The van der Waals surface area contributed by atoms with Crippen LogP contribution in [0, 0.1) is 6.92 Å². The molecule has 1 fully saturated rings. The van der Waals surface area contributed by atoms with Crippen LogP contribution < -0.4 is 0 Å². The lowest BCUT2D eigenvalue weighted by atomic mass is 10.1. The Morgan fingerprint density at radius 3 is 2.83 bits per heavy atom. The Hall–Kier alpha value is -1.68. The number of hydrogen-bond acceptors (Lipinski definition) is 4. The van der Waals surface area contributed by atoms with Crippen molar-refractivity contribution in [2.24, 2.45) is 0 Å². The molecule has 1 aliphatic rings. The van der Waals surface area contributed by atoms with Crippen molar-refractivity contribution in [1.29, 1.82) is 0 Å². The van der Waals surface area contributed by atoms with Gasteiger partial charge in [-0.05, 0) is 45.0 Å². The number of benzene rings is 1. The van der Waals surface area contributed by atoms with Crippen LogP contribution in [0.1, 0.15) is 24.3 Å². The van der Waals surface area contributed by atoms with E-state index in [4.69, 9.17) is 4.42 Å². The molecule has 18 heavy (non-hydrogen) atoms. The van der Waals surface area contributed by atoms with E-state index in [2.05, 4.69) is 34.2 Å². The van der Waals surface area contributed by atoms with Crippen molar-refractivity contribution in [2.75, 3.05) is 13.1 Å². The van der Waals surface area contributed by atoms with Gasteiger partial charge in [0.2, 0.25) is 11.8 Å². The predicted molar refractivity (Wildman–Crippen MR) is 69.0 cm³/mol. The van der Waals surface area contributed by atoms with E-state index >= 15 is 0 Å². The second kappa shape index (κ2) is 4.90. The summed E-state index contributed by atoms with van der Waals surface area (Å²) in [4.78, 5) is 2.35. The minimum Gasteiger partial charge on any atom is -0.419 e. The molecule has 1 aromatic heterocycles. The second-order valence-corrected chi connectivity index (χ2v) is 4.85. The van der Waals surface area contributed by atoms with Gasteiger partial charge in [-0.2, -0.15) is 0 Å². The van der Waals surface area contributed by atoms with Gasteiger partial charge in [-0.1, -0.05) is 17.7 Å². The summed E-state index contributed by atoms with van der Waals surface area (Å²) in [5.41, 5.74) is 2.20. The Labute approximate surface area is 107 Å². The minimum absolute atomic E-state index is 0.618. The molecule has 0 saturated carbocycles. The van der Waals surface area contributed by atoms with E-state index in [1.54, 1.807) is 0 Å². The first-order chi connectivity index (χ1) is 8.81. The average molecular weight is 243 g/mol. The Morgan fingerprint density at radius 2 is 2.06 bits per heavy atom. The summed E-state index contributed by atoms with van der Waals surface area (Å²) in [5, 5.41) is 8.25.